The Bertz CT molecular complexity index is 114. The van der Waals surface area contributed by atoms with E-state index in [0.29, 0.717) is 0 Å². The second-order valence-corrected chi connectivity index (χ2v) is 4.60. The van der Waals surface area contributed by atoms with Crippen molar-refractivity contribution in [1.82, 2.24) is 0 Å². The molecule has 1 unspecified atom stereocenters. The summed E-state index contributed by atoms with van der Waals surface area (Å²) in [6.45, 7) is 4.38. The zero-order valence-electron chi connectivity index (χ0n) is 6.84. The van der Waals surface area contributed by atoms with Crippen molar-refractivity contribution >= 4 is 11.8 Å². The third kappa shape index (κ3) is 2.37. The highest BCUT2D eigenvalue weighted by Gasteiger charge is 2.18. The third-order valence-electron chi connectivity index (χ3n) is 1.92. The van der Waals surface area contributed by atoms with Crippen molar-refractivity contribution in [3.63, 3.8) is 0 Å². The van der Waals surface area contributed by atoms with E-state index in [4.69, 9.17) is 0 Å². The van der Waals surface area contributed by atoms with E-state index in [1.54, 1.807) is 0 Å². The van der Waals surface area contributed by atoms with Crippen LogP contribution < -0.4 is 0 Å². The normalized spacial score (nSPS) is 23.0. The molecule has 0 amide bonds. The molecule has 1 atom stereocenters. The number of hydrogen-bond donors (Lipinski definition) is 0. The van der Waals surface area contributed by atoms with Crippen LogP contribution in [-0.4, -0.2) is 10.5 Å². The molecule has 0 N–H and O–H groups in total. The number of hydrogen-bond acceptors (Lipinski definition) is 1. The van der Waals surface area contributed by atoms with E-state index < -0.39 is 0 Å². The van der Waals surface area contributed by atoms with Crippen molar-refractivity contribution in [3.8, 4) is 0 Å². The van der Waals surface area contributed by atoms with E-state index in [9.17, 15) is 0 Å². The summed E-state index contributed by atoms with van der Waals surface area (Å²) in [5.41, 5.74) is 0. The summed E-state index contributed by atoms with van der Waals surface area (Å²) < 4.78 is 0. The predicted molar refractivity (Wildman–Crippen MR) is 49.5 cm³/mol. The number of thioether (sulfide) groups is 1. The van der Waals surface area contributed by atoms with Gasteiger partial charge in [-0.15, -0.1) is 0 Å². The Hall–Kier alpha value is 0.0900. The summed E-state index contributed by atoms with van der Waals surface area (Å²) >= 11 is 2.12. The van der Waals surface area contributed by atoms with E-state index in [1.807, 2.05) is 0 Å². The van der Waals surface area contributed by atoms with Crippen molar-refractivity contribution in [1.29, 1.82) is 0 Å². The molecule has 0 aliphatic heterocycles. The molecule has 0 heterocycles. The quantitative estimate of drug-likeness (QED) is 0.565. The maximum Gasteiger partial charge on any atom is 0.0201 e. The number of allylic oxidation sites excluding steroid dienone is 1. The van der Waals surface area contributed by atoms with Crippen LogP contribution in [0.2, 0.25) is 0 Å². The molecule has 1 aliphatic rings. The van der Waals surface area contributed by atoms with Crippen LogP contribution in [0.5, 0.6) is 0 Å². The molecule has 0 radical (unpaired) electrons. The van der Waals surface area contributed by atoms with Crippen LogP contribution in [0.4, 0.5) is 0 Å². The van der Waals surface area contributed by atoms with Crippen molar-refractivity contribution in [2.75, 3.05) is 0 Å². The van der Waals surface area contributed by atoms with Gasteiger partial charge in [0.25, 0.3) is 0 Å². The molecule has 0 spiro atoms. The van der Waals surface area contributed by atoms with E-state index in [1.165, 1.54) is 19.3 Å². The lowest BCUT2D eigenvalue weighted by atomic mass is 10.00. The highest BCUT2D eigenvalue weighted by molar-refractivity contribution is 8.00. The lowest BCUT2D eigenvalue weighted by Crippen LogP contribution is -2.15. The summed E-state index contributed by atoms with van der Waals surface area (Å²) in [6.07, 6.45) is 8.79. The van der Waals surface area contributed by atoms with Gasteiger partial charge in [-0.2, -0.15) is 11.8 Å². The van der Waals surface area contributed by atoms with Crippen LogP contribution in [0.15, 0.2) is 12.2 Å². The average Bonchev–Trinajstić information content (AvgIpc) is 1.80. The molecule has 1 aliphatic carbocycles. The molecule has 0 aromatic heterocycles. The summed E-state index contributed by atoms with van der Waals surface area (Å²) in [5, 5.41) is 1.71. The SMILES string of the molecule is CC=CC(C)SC1CCC1. The van der Waals surface area contributed by atoms with Gasteiger partial charge in [0.2, 0.25) is 0 Å². The first-order valence-electron chi connectivity index (χ1n) is 4.11. The Morgan fingerprint density at radius 1 is 1.50 bits per heavy atom. The fourth-order valence-electron chi connectivity index (χ4n) is 1.13. The topological polar surface area (TPSA) is 0 Å². The Kier molecular flexibility index (Phi) is 3.33. The molecule has 1 fully saturated rings. The summed E-state index contributed by atoms with van der Waals surface area (Å²) in [4.78, 5) is 0. The maximum atomic E-state index is 2.28. The summed E-state index contributed by atoms with van der Waals surface area (Å²) in [7, 11) is 0. The van der Waals surface area contributed by atoms with Gasteiger partial charge in [0.1, 0.15) is 0 Å². The van der Waals surface area contributed by atoms with Gasteiger partial charge in [0.05, 0.1) is 0 Å². The predicted octanol–water partition coefficient (Wildman–Crippen LogP) is 3.24. The van der Waals surface area contributed by atoms with Crippen molar-refractivity contribution in [3.05, 3.63) is 12.2 Å². The first-order valence-corrected chi connectivity index (χ1v) is 5.05. The highest BCUT2D eigenvalue weighted by atomic mass is 32.2. The minimum absolute atomic E-state index is 0.732. The highest BCUT2D eigenvalue weighted by Crippen LogP contribution is 2.34. The van der Waals surface area contributed by atoms with Crippen LogP contribution in [0.25, 0.3) is 0 Å². The van der Waals surface area contributed by atoms with E-state index in [2.05, 4.69) is 37.8 Å². The Labute approximate surface area is 68.1 Å². The van der Waals surface area contributed by atoms with Gasteiger partial charge in [-0.3, -0.25) is 0 Å². The van der Waals surface area contributed by atoms with Gasteiger partial charge < -0.3 is 0 Å². The van der Waals surface area contributed by atoms with Gasteiger partial charge in [-0.25, -0.2) is 0 Å². The van der Waals surface area contributed by atoms with E-state index in [0.717, 1.165) is 10.5 Å². The van der Waals surface area contributed by atoms with Gasteiger partial charge in [-0.05, 0) is 26.7 Å². The Morgan fingerprint density at radius 2 is 2.20 bits per heavy atom. The van der Waals surface area contributed by atoms with Gasteiger partial charge in [0.15, 0.2) is 0 Å². The molecule has 1 rings (SSSR count). The Morgan fingerprint density at radius 3 is 2.60 bits per heavy atom. The molecular weight excluding hydrogens is 140 g/mol. The first kappa shape index (κ1) is 8.19. The maximum absolute atomic E-state index is 2.28. The molecule has 10 heavy (non-hydrogen) atoms. The molecule has 1 heteroatoms. The number of rotatable bonds is 3. The zero-order valence-corrected chi connectivity index (χ0v) is 7.66. The van der Waals surface area contributed by atoms with Crippen LogP contribution in [0.1, 0.15) is 33.1 Å². The fourth-order valence-corrected chi connectivity index (χ4v) is 2.59. The average molecular weight is 156 g/mol. The summed E-state index contributed by atoms with van der Waals surface area (Å²) in [5.74, 6) is 0. The van der Waals surface area contributed by atoms with Gasteiger partial charge in [-0.1, -0.05) is 18.6 Å². The molecule has 0 aromatic carbocycles. The lowest BCUT2D eigenvalue weighted by Gasteiger charge is -2.26. The van der Waals surface area contributed by atoms with Crippen LogP contribution in [0.3, 0.4) is 0 Å². The molecular formula is C9H16S. The fraction of sp³-hybridized carbons (Fsp3) is 0.778. The molecule has 0 aromatic rings. The van der Waals surface area contributed by atoms with Crippen LogP contribution in [-0.2, 0) is 0 Å². The lowest BCUT2D eigenvalue weighted by molar-refractivity contribution is 0.521. The van der Waals surface area contributed by atoms with Crippen molar-refractivity contribution < 1.29 is 0 Å². The molecule has 58 valence electrons. The Balaban J connectivity index is 2.10. The standard InChI is InChI=1S/C9H16S/c1-3-5-8(2)10-9-6-4-7-9/h3,5,8-9H,4,6-7H2,1-2H3. The second kappa shape index (κ2) is 4.07. The molecule has 0 bridgehead atoms. The minimum atomic E-state index is 0.732. The summed E-state index contributed by atoms with van der Waals surface area (Å²) in [6, 6.07) is 0. The largest absolute Gasteiger partial charge is 0.151 e. The zero-order chi connectivity index (χ0) is 7.40. The van der Waals surface area contributed by atoms with Crippen molar-refractivity contribution in [2.45, 2.75) is 43.6 Å². The monoisotopic (exact) mass is 156 g/mol. The van der Waals surface area contributed by atoms with E-state index in [-0.39, 0.29) is 0 Å². The first-order chi connectivity index (χ1) is 4.83. The van der Waals surface area contributed by atoms with Crippen LogP contribution >= 0.6 is 11.8 Å². The minimum Gasteiger partial charge on any atom is -0.151 e. The molecule has 0 saturated heterocycles. The van der Waals surface area contributed by atoms with Gasteiger partial charge >= 0.3 is 0 Å². The van der Waals surface area contributed by atoms with E-state index >= 15 is 0 Å². The third-order valence-corrected chi connectivity index (χ3v) is 3.37. The second-order valence-electron chi connectivity index (χ2n) is 2.92. The van der Waals surface area contributed by atoms with Crippen LogP contribution in [0, 0.1) is 0 Å². The smallest absolute Gasteiger partial charge is 0.0201 e. The molecule has 0 nitrogen and oxygen atoms in total. The van der Waals surface area contributed by atoms with Crippen molar-refractivity contribution in [2.24, 2.45) is 0 Å². The molecule has 1 saturated carbocycles. The van der Waals surface area contributed by atoms with Gasteiger partial charge in [0, 0.05) is 10.5 Å².